The Labute approximate surface area is 136 Å². The summed E-state index contributed by atoms with van der Waals surface area (Å²) >= 11 is 0. The molecule has 1 N–H and O–H groups in total. The first-order valence-corrected chi connectivity index (χ1v) is 8.21. The van der Waals surface area contributed by atoms with Crippen LogP contribution >= 0.6 is 0 Å². The summed E-state index contributed by atoms with van der Waals surface area (Å²) in [5.74, 6) is 0. The molecule has 2 unspecified atom stereocenters. The number of pyridine rings is 2. The van der Waals surface area contributed by atoms with Gasteiger partial charge < -0.3 is 0 Å². The van der Waals surface area contributed by atoms with Crippen LogP contribution in [-0.4, -0.2) is 22.2 Å². The zero-order chi connectivity index (χ0) is 15.5. The van der Waals surface area contributed by atoms with Crippen LogP contribution in [0.2, 0.25) is 0 Å². The fraction of sp³-hybridized carbons (Fsp3) is 0.316. The molecule has 23 heavy (non-hydrogen) atoms. The molecule has 0 spiro atoms. The van der Waals surface area contributed by atoms with Crippen LogP contribution < -0.4 is 5.32 Å². The van der Waals surface area contributed by atoms with Gasteiger partial charge in [0.15, 0.2) is 0 Å². The van der Waals surface area contributed by atoms with Crippen molar-refractivity contribution in [1.29, 1.82) is 0 Å². The van der Waals surface area contributed by atoms with Crippen molar-refractivity contribution in [2.75, 3.05) is 6.54 Å². The van der Waals surface area contributed by atoms with Crippen molar-refractivity contribution < 1.29 is 0 Å². The molecular formula is C19H20N4. The number of nitrogens with zero attached hydrogens (tertiary/aromatic N) is 3. The van der Waals surface area contributed by atoms with Crippen molar-refractivity contribution in [3.63, 3.8) is 0 Å². The van der Waals surface area contributed by atoms with Gasteiger partial charge in [-0.05, 0) is 42.5 Å². The van der Waals surface area contributed by atoms with E-state index >= 15 is 0 Å². The topological polar surface area (TPSA) is 50.2 Å². The molecule has 0 fully saturated rings. The van der Waals surface area contributed by atoms with Crippen LogP contribution in [-0.2, 0) is 0 Å². The molecule has 4 heterocycles. The summed E-state index contributed by atoms with van der Waals surface area (Å²) in [5, 5.41) is 3.70. The van der Waals surface area contributed by atoms with E-state index in [9.17, 15) is 0 Å². The molecule has 4 nitrogen and oxygen atoms in total. The van der Waals surface area contributed by atoms with E-state index in [4.69, 9.17) is 0 Å². The van der Waals surface area contributed by atoms with Crippen molar-refractivity contribution in [2.45, 2.75) is 31.3 Å². The molecular weight excluding hydrogens is 284 g/mol. The van der Waals surface area contributed by atoms with Gasteiger partial charge in [0.25, 0.3) is 0 Å². The minimum absolute atomic E-state index is 0.184. The van der Waals surface area contributed by atoms with Crippen LogP contribution in [0.1, 0.15) is 48.0 Å². The van der Waals surface area contributed by atoms with Gasteiger partial charge in [-0.1, -0.05) is 18.2 Å². The summed E-state index contributed by atoms with van der Waals surface area (Å²) in [6.45, 7) is 0.949. The molecule has 116 valence electrons. The molecule has 0 saturated carbocycles. The zero-order valence-corrected chi connectivity index (χ0v) is 13.0. The first-order chi connectivity index (χ1) is 11.4. The van der Waals surface area contributed by atoms with Crippen molar-refractivity contribution in [2.24, 2.45) is 4.99 Å². The largest absolute Gasteiger partial charge is 0.299 e. The van der Waals surface area contributed by atoms with Gasteiger partial charge in [0.2, 0.25) is 0 Å². The Balaban J connectivity index is 1.57. The Morgan fingerprint density at radius 1 is 1.09 bits per heavy atom. The highest BCUT2D eigenvalue weighted by Gasteiger charge is 2.20. The molecule has 2 aliphatic rings. The maximum Gasteiger partial charge on any atom is 0.0526 e. The van der Waals surface area contributed by atoms with E-state index in [1.54, 1.807) is 0 Å². The lowest BCUT2D eigenvalue weighted by Crippen LogP contribution is -2.28. The highest BCUT2D eigenvalue weighted by molar-refractivity contribution is 6.01. The normalized spacial score (nSPS) is 23.7. The van der Waals surface area contributed by atoms with Crippen molar-refractivity contribution >= 4 is 5.71 Å². The maximum atomic E-state index is 4.58. The minimum Gasteiger partial charge on any atom is -0.299 e. The molecule has 0 amide bonds. The molecule has 0 saturated heterocycles. The molecule has 0 aromatic carbocycles. The van der Waals surface area contributed by atoms with Gasteiger partial charge in [-0.2, -0.15) is 0 Å². The van der Waals surface area contributed by atoms with Gasteiger partial charge in [0.1, 0.15) is 0 Å². The molecule has 2 aromatic rings. The molecule has 0 bridgehead atoms. The monoisotopic (exact) mass is 304 g/mol. The van der Waals surface area contributed by atoms with Gasteiger partial charge in [0.05, 0.1) is 6.04 Å². The Kier molecular flexibility index (Phi) is 3.99. The van der Waals surface area contributed by atoms with Crippen LogP contribution in [0, 0.1) is 0 Å². The van der Waals surface area contributed by atoms with Crippen LogP contribution in [0.4, 0.5) is 0 Å². The highest BCUT2D eigenvalue weighted by Crippen LogP contribution is 2.28. The highest BCUT2D eigenvalue weighted by atomic mass is 15.0. The van der Waals surface area contributed by atoms with Gasteiger partial charge in [-0.3, -0.25) is 20.3 Å². The lowest BCUT2D eigenvalue weighted by atomic mass is 9.96. The number of nitrogens with one attached hydrogen (secondary N) is 1. The molecule has 2 aromatic heterocycles. The van der Waals surface area contributed by atoms with E-state index in [1.165, 1.54) is 22.4 Å². The first kappa shape index (κ1) is 14.3. The molecule has 2 atom stereocenters. The van der Waals surface area contributed by atoms with E-state index in [-0.39, 0.29) is 6.04 Å². The second kappa shape index (κ2) is 6.42. The average Bonchev–Trinajstić information content (AvgIpc) is 3.18. The van der Waals surface area contributed by atoms with Gasteiger partial charge in [-0.25, -0.2) is 0 Å². The molecule has 0 aliphatic carbocycles. The smallest absolute Gasteiger partial charge is 0.0526 e. The molecule has 0 radical (unpaired) electrons. The lowest BCUT2D eigenvalue weighted by molar-refractivity contribution is 0.474. The van der Waals surface area contributed by atoms with E-state index in [0.717, 1.165) is 25.8 Å². The van der Waals surface area contributed by atoms with E-state index < -0.39 is 0 Å². The van der Waals surface area contributed by atoms with E-state index in [2.05, 4.69) is 44.6 Å². The molecule has 4 heteroatoms. The van der Waals surface area contributed by atoms with E-state index in [0.29, 0.717) is 6.04 Å². The summed E-state index contributed by atoms with van der Waals surface area (Å²) in [4.78, 5) is 13.3. The predicted octanol–water partition coefficient (Wildman–Crippen LogP) is 3.39. The van der Waals surface area contributed by atoms with Crippen LogP contribution in [0.15, 0.2) is 60.1 Å². The number of aliphatic imine (C=N–C) groups is 1. The number of rotatable bonds is 3. The fourth-order valence-corrected chi connectivity index (χ4v) is 3.27. The van der Waals surface area contributed by atoms with Crippen LogP contribution in [0.25, 0.3) is 0 Å². The number of hydrogen-bond acceptors (Lipinski definition) is 4. The third kappa shape index (κ3) is 3.08. The minimum atomic E-state index is 0.184. The van der Waals surface area contributed by atoms with Crippen molar-refractivity contribution in [3.8, 4) is 0 Å². The van der Waals surface area contributed by atoms with Crippen LogP contribution in [0.3, 0.4) is 0 Å². The maximum absolute atomic E-state index is 4.58. The zero-order valence-electron chi connectivity index (χ0n) is 13.0. The standard InChI is InChI=1S/C19H20N4/c1-5-18(14-4-2-8-20-11-14)23-19(6-1)16-10-15(12-21-13-16)17-7-3-9-22-17/h1-2,4,6,8,10-13,18-19,23H,3,5,7,9H2. The Bertz CT molecular complexity index is 736. The van der Waals surface area contributed by atoms with Gasteiger partial charge in [-0.15, -0.1) is 0 Å². The van der Waals surface area contributed by atoms with Crippen molar-refractivity contribution in [1.82, 2.24) is 15.3 Å². The summed E-state index contributed by atoms with van der Waals surface area (Å²) in [5.41, 5.74) is 4.79. The van der Waals surface area contributed by atoms with E-state index in [1.807, 2.05) is 30.9 Å². The molecule has 4 rings (SSSR count). The number of hydrogen-bond donors (Lipinski definition) is 1. The third-order valence-electron chi connectivity index (χ3n) is 4.49. The fourth-order valence-electron chi connectivity index (χ4n) is 3.27. The molecule has 2 aliphatic heterocycles. The third-order valence-corrected chi connectivity index (χ3v) is 4.49. The van der Waals surface area contributed by atoms with Crippen molar-refractivity contribution in [3.05, 3.63) is 71.8 Å². The summed E-state index contributed by atoms with van der Waals surface area (Å²) in [6, 6.07) is 6.83. The predicted molar refractivity (Wildman–Crippen MR) is 91.5 cm³/mol. The van der Waals surface area contributed by atoms with Gasteiger partial charge in [0, 0.05) is 48.6 Å². The summed E-state index contributed by atoms with van der Waals surface area (Å²) in [7, 11) is 0. The SMILES string of the molecule is C1=CC(c2cncc(C3=NCCC3)c2)NC(c2cccnc2)C1. The second-order valence-corrected chi connectivity index (χ2v) is 6.09. The average molecular weight is 304 g/mol. The Morgan fingerprint density at radius 3 is 2.87 bits per heavy atom. The van der Waals surface area contributed by atoms with Gasteiger partial charge >= 0.3 is 0 Å². The first-order valence-electron chi connectivity index (χ1n) is 8.21. The summed E-state index contributed by atoms with van der Waals surface area (Å²) < 4.78 is 0. The second-order valence-electron chi connectivity index (χ2n) is 6.09. The van der Waals surface area contributed by atoms with Crippen LogP contribution in [0.5, 0.6) is 0 Å². The Hall–Kier alpha value is -2.33. The quantitative estimate of drug-likeness (QED) is 0.884. The summed E-state index contributed by atoms with van der Waals surface area (Å²) in [6.07, 6.45) is 15.3. The Morgan fingerprint density at radius 2 is 2.04 bits per heavy atom. The number of aromatic nitrogens is 2. The lowest BCUT2D eigenvalue weighted by Gasteiger charge is -2.27.